The Kier molecular flexibility index (Phi) is 3.69. The first-order valence-corrected chi connectivity index (χ1v) is 8.75. The molecule has 3 unspecified atom stereocenters. The van der Waals surface area contributed by atoms with Crippen molar-refractivity contribution in [2.75, 3.05) is 24.3 Å². The molecule has 2 fully saturated rings. The van der Waals surface area contributed by atoms with Gasteiger partial charge in [-0.2, -0.15) is 0 Å². The van der Waals surface area contributed by atoms with Gasteiger partial charge < -0.3 is 21.1 Å². The van der Waals surface area contributed by atoms with Gasteiger partial charge in [0.2, 0.25) is 5.91 Å². The van der Waals surface area contributed by atoms with Crippen molar-refractivity contribution in [2.45, 2.75) is 30.8 Å². The molecule has 3 aliphatic rings. The topological polar surface area (TPSA) is 96.7 Å². The van der Waals surface area contributed by atoms with Gasteiger partial charge in [0.05, 0.1) is 13.0 Å². The summed E-state index contributed by atoms with van der Waals surface area (Å²) in [4.78, 5) is 27.5. The largest absolute Gasteiger partial charge is 0.469 e. The van der Waals surface area contributed by atoms with Crippen LogP contribution in [0.1, 0.15) is 24.8 Å². The third kappa shape index (κ3) is 2.24. The Bertz CT molecular complexity index is 783. The number of carbonyl (C=O) groups excluding carboxylic acids is 2. The van der Waals surface area contributed by atoms with Gasteiger partial charge in [-0.15, -0.1) is 0 Å². The van der Waals surface area contributed by atoms with Crippen molar-refractivity contribution in [1.29, 1.82) is 0 Å². The van der Waals surface area contributed by atoms with Crippen LogP contribution in [-0.2, 0) is 19.9 Å². The predicted molar refractivity (Wildman–Crippen MR) is 97.0 cm³/mol. The summed E-state index contributed by atoms with van der Waals surface area (Å²) in [5.41, 5.74) is 7.12. The maximum atomic E-state index is 13.0. The predicted octanol–water partition coefficient (Wildman–Crippen LogP) is 1.15. The molecule has 1 aromatic carbocycles. The van der Waals surface area contributed by atoms with Crippen LogP contribution in [0.4, 0.5) is 11.4 Å². The van der Waals surface area contributed by atoms with Gasteiger partial charge in [0.1, 0.15) is 5.54 Å². The number of hydrogen-bond donors (Lipinski definition) is 3. The molecular formula is C17H20N4O3S. The van der Waals surface area contributed by atoms with Crippen molar-refractivity contribution in [3.05, 3.63) is 23.8 Å². The average molecular weight is 360 g/mol. The van der Waals surface area contributed by atoms with Crippen LogP contribution >= 0.6 is 12.2 Å². The number of nitrogens with one attached hydrogen (secondary N) is 2. The second-order valence-electron chi connectivity index (χ2n) is 6.80. The molecule has 4 rings (SSSR count). The quantitative estimate of drug-likeness (QED) is 0.538. The molecule has 7 nitrogen and oxygen atoms in total. The summed E-state index contributed by atoms with van der Waals surface area (Å²) in [6, 6.07) is 5.61. The van der Waals surface area contributed by atoms with Crippen LogP contribution in [0.5, 0.6) is 0 Å². The Morgan fingerprint density at radius 1 is 1.52 bits per heavy atom. The lowest BCUT2D eigenvalue weighted by Gasteiger charge is -2.32. The number of nitrogens with zero attached hydrogens (tertiary/aromatic N) is 1. The fraction of sp³-hybridized carbons (Fsp3) is 0.471. The molecule has 25 heavy (non-hydrogen) atoms. The Morgan fingerprint density at radius 2 is 2.32 bits per heavy atom. The van der Waals surface area contributed by atoms with E-state index in [1.165, 1.54) is 7.11 Å². The number of amides is 1. The summed E-state index contributed by atoms with van der Waals surface area (Å²) in [5.74, 6) is -0.614. The first kappa shape index (κ1) is 16.3. The highest BCUT2D eigenvalue weighted by Crippen LogP contribution is 2.54. The van der Waals surface area contributed by atoms with E-state index < -0.39 is 5.54 Å². The Morgan fingerprint density at radius 3 is 3.04 bits per heavy atom. The van der Waals surface area contributed by atoms with Crippen molar-refractivity contribution in [3.63, 3.8) is 0 Å². The number of thiocarbonyl (C=S) groups is 1. The zero-order chi connectivity index (χ0) is 17.8. The molecule has 4 N–H and O–H groups in total. The zero-order valence-corrected chi connectivity index (χ0v) is 14.7. The molecule has 132 valence electrons. The fourth-order valence-corrected chi connectivity index (χ4v) is 4.82. The highest BCUT2D eigenvalue weighted by Gasteiger charge is 2.63. The number of ether oxygens (including phenoxy) is 1. The number of hydrogen-bond acceptors (Lipinski definition) is 5. The summed E-state index contributed by atoms with van der Waals surface area (Å²) in [5, 5.41) is 6.07. The summed E-state index contributed by atoms with van der Waals surface area (Å²) < 4.78 is 5.00. The molecule has 1 aromatic rings. The van der Waals surface area contributed by atoms with E-state index in [9.17, 15) is 9.59 Å². The summed E-state index contributed by atoms with van der Waals surface area (Å²) in [7, 11) is 1.40. The van der Waals surface area contributed by atoms with Crippen molar-refractivity contribution < 1.29 is 14.3 Å². The Balaban J connectivity index is 1.81. The maximum absolute atomic E-state index is 13.0. The van der Waals surface area contributed by atoms with Crippen LogP contribution < -0.4 is 16.4 Å². The van der Waals surface area contributed by atoms with Crippen molar-refractivity contribution >= 4 is 40.6 Å². The molecule has 3 heterocycles. The molecule has 0 saturated carbocycles. The van der Waals surface area contributed by atoms with Crippen LogP contribution in [0.3, 0.4) is 0 Å². The molecule has 1 amide bonds. The van der Waals surface area contributed by atoms with Crippen LogP contribution in [0.2, 0.25) is 0 Å². The lowest BCUT2D eigenvalue weighted by molar-refractivity contribution is -0.146. The van der Waals surface area contributed by atoms with Gasteiger partial charge in [-0.1, -0.05) is 0 Å². The van der Waals surface area contributed by atoms with Crippen LogP contribution in [0.15, 0.2) is 18.2 Å². The van der Waals surface area contributed by atoms with Crippen LogP contribution in [-0.4, -0.2) is 41.6 Å². The second-order valence-corrected chi connectivity index (χ2v) is 7.24. The average Bonchev–Trinajstić information content (AvgIpc) is 3.23. The first-order valence-electron chi connectivity index (χ1n) is 8.34. The first-order chi connectivity index (χ1) is 12.0. The molecule has 8 heteroatoms. The minimum Gasteiger partial charge on any atom is -0.469 e. The summed E-state index contributed by atoms with van der Waals surface area (Å²) in [6.07, 6.45) is 2.29. The van der Waals surface area contributed by atoms with E-state index in [0.717, 1.165) is 36.3 Å². The lowest BCUT2D eigenvalue weighted by atomic mass is 9.84. The number of rotatable bonds is 2. The maximum Gasteiger partial charge on any atom is 0.310 e. The number of methoxy groups -OCH3 is 1. The van der Waals surface area contributed by atoms with Crippen molar-refractivity contribution in [1.82, 2.24) is 4.90 Å². The number of fused-ring (bicyclic) bond motifs is 4. The van der Waals surface area contributed by atoms with E-state index in [-0.39, 0.29) is 28.9 Å². The van der Waals surface area contributed by atoms with Gasteiger partial charge in [0.25, 0.3) is 0 Å². The summed E-state index contributed by atoms with van der Waals surface area (Å²) in [6.45, 7) is 0.790. The fourth-order valence-electron chi connectivity index (χ4n) is 4.70. The van der Waals surface area contributed by atoms with E-state index in [0.29, 0.717) is 6.42 Å². The van der Waals surface area contributed by atoms with Crippen molar-refractivity contribution in [3.8, 4) is 0 Å². The van der Waals surface area contributed by atoms with E-state index in [4.69, 9.17) is 22.7 Å². The van der Waals surface area contributed by atoms with E-state index in [1.807, 2.05) is 18.2 Å². The zero-order valence-electron chi connectivity index (χ0n) is 13.9. The molecule has 0 aliphatic carbocycles. The van der Waals surface area contributed by atoms with Gasteiger partial charge in [-0.3, -0.25) is 14.5 Å². The highest BCUT2D eigenvalue weighted by molar-refractivity contribution is 7.80. The Labute approximate surface area is 150 Å². The molecule has 0 bridgehead atoms. The normalized spacial score (nSPS) is 30.0. The minimum atomic E-state index is -0.830. The number of benzene rings is 1. The van der Waals surface area contributed by atoms with Crippen molar-refractivity contribution in [2.24, 2.45) is 11.7 Å². The van der Waals surface area contributed by atoms with Gasteiger partial charge >= 0.3 is 5.97 Å². The van der Waals surface area contributed by atoms with E-state index in [1.54, 1.807) is 0 Å². The highest BCUT2D eigenvalue weighted by atomic mass is 32.1. The number of carbonyl (C=O) groups is 2. The van der Waals surface area contributed by atoms with Gasteiger partial charge in [0.15, 0.2) is 5.11 Å². The minimum absolute atomic E-state index is 0.0383. The van der Waals surface area contributed by atoms with E-state index >= 15 is 0 Å². The molecular weight excluding hydrogens is 340 g/mol. The molecule has 3 aliphatic heterocycles. The standard InChI is InChI=1S/C17H20N4O3S/c1-24-14(22)10-8-17(21-6-2-3-13(10)21)11-7-9(19-16(18)25)4-5-12(11)20-15(17)23/h4-5,7,10,13H,2-3,6,8H2,1H3,(H,20,23)(H3,18,19,25). The van der Waals surface area contributed by atoms with E-state index in [2.05, 4.69) is 15.5 Å². The lowest BCUT2D eigenvalue weighted by Crippen LogP contribution is -2.47. The molecule has 3 atom stereocenters. The summed E-state index contributed by atoms with van der Waals surface area (Å²) >= 11 is 4.91. The third-order valence-electron chi connectivity index (χ3n) is 5.63. The van der Waals surface area contributed by atoms with Gasteiger partial charge in [-0.05, 0) is 56.2 Å². The molecule has 2 saturated heterocycles. The second kappa shape index (κ2) is 5.67. The molecule has 0 aromatic heterocycles. The monoisotopic (exact) mass is 360 g/mol. The van der Waals surface area contributed by atoms with Crippen LogP contribution in [0, 0.1) is 5.92 Å². The number of anilines is 2. The Hall–Kier alpha value is -2.19. The van der Waals surface area contributed by atoms with Crippen LogP contribution in [0.25, 0.3) is 0 Å². The number of esters is 1. The molecule has 1 spiro atoms. The number of nitrogens with two attached hydrogens (primary N) is 1. The molecule has 0 radical (unpaired) electrons. The third-order valence-corrected chi connectivity index (χ3v) is 5.73. The van der Waals surface area contributed by atoms with Gasteiger partial charge in [0, 0.05) is 23.0 Å². The smallest absolute Gasteiger partial charge is 0.310 e. The SMILES string of the molecule is COC(=O)C1CC2(C(=O)Nc3ccc(NC(N)=S)cc32)N2CCCC12. The van der Waals surface area contributed by atoms with Gasteiger partial charge in [-0.25, -0.2) is 0 Å².